The second kappa shape index (κ2) is 4.42. The lowest BCUT2D eigenvalue weighted by molar-refractivity contribution is 0.111. The summed E-state index contributed by atoms with van der Waals surface area (Å²) in [6.45, 7) is 0. The molecule has 0 radical (unpaired) electrons. The Balaban J connectivity index is 2.80. The van der Waals surface area contributed by atoms with Gasteiger partial charge >= 0.3 is 7.82 Å². The summed E-state index contributed by atoms with van der Waals surface area (Å²) in [5.74, 6) is -0.721. The number of phenolic OH excluding ortho intramolecular Hbond substituents is 1. The van der Waals surface area contributed by atoms with E-state index in [1.165, 1.54) is 12.1 Å². The van der Waals surface area contributed by atoms with E-state index in [0.29, 0.717) is 10.8 Å². The Morgan fingerprint density at radius 1 is 1.22 bits per heavy atom. The van der Waals surface area contributed by atoms with Crippen molar-refractivity contribution in [3.8, 4) is 11.5 Å². The molecule has 3 N–H and O–H groups in total. The van der Waals surface area contributed by atoms with Crippen molar-refractivity contribution in [1.29, 1.82) is 0 Å². The van der Waals surface area contributed by atoms with Gasteiger partial charge in [0.15, 0.2) is 12.0 Å². The molecule has 0 bridgehead atoms. The Morgan fingerprint density at radius 3 is 2.50 bits per heavy atom. The van der Waals surface area contributed by atoms with Crippen molar-refractivity contribution in [3.05, 3.63) is 35.9 Å². The number of hydrogen-bond donors (Lipinski definition) is 3. The summed E-state index contributed by atoms with van der Waals surface area (Å²) < 4.78 is 15.4. The first-order valence-electron chi connectivity index (χ1n) is 4.87. The maximum atomic E-state index is 10.9. The van der Waals surface area contributed by atoms with Gasteiger partial charge in [-0.05, 0) is 11.5 Å². The van der Waals surface area contributed by atoms with E-state index < -0.39 is 13.6 Å². The Kier molecular flexibility index (Phi) is 3.09. The summed E-state index contributed by atoms with van der Waals surface area (Å²) in [6.07, 6.45) is 0.284. The molecular formula is C11H9O6P. The van der Waals surface area contributed by atoms with E-state index in [-0.39, 0.29) is 17.6 Å². The number of fused-ring (bicyclic) bond motifs is 1. The molecule has 2 rings (SSSR count). The summed E-state index contributed by atoms with van der Waals surface area (Å²) in [6, 6.07) is 7.79. The molecule has 0 aliphatic heterocycles. The Labute approximate surface area is 102 Å². The first-order valence-corrected chi connectivity index (χ1v) is 6.40. The van der Waals surface area contributed by atoms with Gasteiger partial charge in [-0.2, -0.15) is 0 Å². The molecule has 0 saturated heterocycles. The minimum Gasteiger partial charge on any atom is -0.507 e. The monoisotopic (exact) mass is 268 g/mol. The molecule has 6 nitrogen and oxygen atoms in total. The van der Waals surface area contributed by atoms with Crippen LogP contribution in [0, 0.1) is 0 Å². The fourth-order valence-electron chi connectivity index (χ4n) is 1.65. The van der Waals surface area contributed by atoms with Crippen LogP contribution in [0.1, 0.15) is 10.4 Å². The van der Waals surface area contributed by atoms with Crippen LogP contribution < -0.4 is 4.52 Å². The van der Waals surface area contributed by atoms with Gasteiger partial charge < -0.3 is 9.63 Å². The topological polar surface area (TPSA) is 104 Å². The lowest BCUT2D eigenvalue weighted by Crippen LogP contribution is -1.96. The largest absolute Gasteiger partial charge is 0.524 e. The average molecular weight is 268 g/mol. The van der Waals surface area contributed by atoms with E-state index in [4.69, 9.17) is 9.79 Å². The van der Waals surface area contributed by atoms with Crippen molar-refractivity contribution in [1.82, 2.24) is 0 Å². The molecule has 0 fully saturated rings. The summed E-state index contributed by atoms with van der Waals surface area (Å²) in [7, 11) is -4.82. The number of benzene rings is 2. The van der Waals surface area contributed by atoms with Gasteiger partial charge in [0.25, 0.3) is 0 Å². The Hall–Kier alpha value is -1.88. The highest BCUT2D eigenvalue weighted by molar-refractivity contribution is 7.46. The minimum absolute atomic E-state index is 0.284. The number of carbonyl (C=O) groups is 1. The zero-order chi connectivity index (χ0) is 13.3. The van der Waals surface area contributed by atoms with Crippen LogP contribution in [0.2, 0.25) is 0 Å². The van der Waals surface area contributed by atoms with Gasteiger partial charge in [-0.25, -0.2) is 4.57 Å². The van der Waals surface area contributed by atoms with Crippen LogP contribution in [-0.4, -0.2) is 21.2 Å². The van der Waals surface area contributed by atoms with Gasteiger partial charge in [0.1, 0.15) is 5.75 Å². The predicted octanol–water partition coefficient (Wildman–Crippen LogP) is 1.83. The highest BCUT2D eigenvalue weighted by Gasteiger charge is 2.22. The van der Waals surface area contributed by atoms with E-state index in [0.717, 1.165) is 0 Å². The molecule has 7 heteroatoms. The molecule has 0 spiro atoms. The molecule has 0 aromatic heterocycles. The minimum atomic E-state index is -4.82. The third kappa shape index (κ3) is 2.36. The van der Waals surface area contributed by atoms with Gasteiger partial charge in [0.05, 0.1) is 5.56 Å². The van der Waals surface area contributed by atoms with E-state index >= 15 is 0 Å². The molecule has 0 amide bonds. The van der Waals surface area contributed by atoms with Crippen LogP contribution in [-0.2, 0) is 4.57 Å². The fourth-order valence-corrected chi connectivity index (χ4v) is 2.08. The van der Waals surface area contributed by atoms with E-state index in [2.05, 4.69) is 4.52 Å². The number of aldehydes is 1. The van der Waals surface area contributed by atoms with Crippen LogP contribution in [0.3, 0.4) is 0 Å². The SMILES string of the molecule is O=Cc1c(O)cc2ccccc2c1OP(=O)(O)O. The van der Waals surface area contributed by atoms with Crippen molar-refractivity contribution in [2.75, 3.05) is 0 Å². The molecule has 0 atom stereocenters. The van der Waals surface area contributed by atoms with E-state index in [1.807, 2.05) is 0 Å². The van der Waals surface area contributed by atoms with Crippen LogP contribution in [0.5, 0.6) is 11.5 Å². The molecule has 94 valence electrons. The third-order valence-electron chi connectivity index (χ3n) is 2.35. The molecule has 0 aliphatic rings. The molecule has 2 aromatic rings. The number of rotatable bonds is 3. The van der Waals surface area contributed by atoms with Crippen molar-refractivity contribution in [3.63, 3.8) is 0 Å². The normalized spacial score (nSPS) is 11.4. The van der Waals surface area contributed by atoms with Gasteiger partial charge in [-0.3, -0.25) is 14.6 Å². The van der Waals surface area contributed by atoms with Crippen LogP contribution in [0.25, 0.3) is 10.8 Å². The smallest absolute Gasteiger partial charge is 0.507 e. The number of carbonyl (C=O) groups excluding carboxylic acids is 1. The first-order chi connectivity index (χ1) is 8.42. The van der Waals surface area contributed by atoms with Gasteiger partial charge in [0, 0.05) is 5.39 Å². The van der Waals surface area contributed by atoms with Crippen molar-refractivity contribution >= 4 is 24.9 Å². The van der Waals surface area contributed by atoms with Crippen LogP contribution in [0.15, 0.2) is 30.3 Å². The van der Waals surface area contributed by atoms with Gasteiger partial charge in [-0.1, -0.05) is 24.3 Å². The molecule has 2 aromatic carbocycles. The Bertz CT molecular complexity index is 660. The summed E-state index contributed by atoms with van der Waals surface area (Å²) in [5.41, 5.74) is -0.294. The zero-order valence-corrected chi connectivity index (χ0v) is 9.87. The highest BCUT2D eigenvalue weighted by atomic mass is 31.2. The second-order valence-electron chi connectivity index (χ2n) is 3.56. The molecule has 0 unspecified atom stereocenters. The maximum absolute atomic E-state index is 10.9. The average Bonchev–Trinajstić information content (AvgIpc) is 2.27. The van der Waals surface area contributed by atoms with Gasteiger partial charge in [-0.15, -0.1) is 0 Å². The molecule has 0 saturated carbocycles. The van der Waals surface area contributed by atoms with E-state index in [9.17, 15) is 14.5 Å². The lowest BCUT2D eigenvalue weighted by atomic mass is 10.1. The molecule has 18 heavy (non-hydrogen) atoms. The van der Waals surface area contributed by atoms with E-state index in [1.54, 1.807) is 18.2 Å². The van der Waals surface area contributed by atoms with Crippen molar-refractivity contribution < 1.29 is 28.8 Å². The summed E-state index contributed by atoms with van der Waals surface area (Å²) in [4.78, 5) is 28.6. The van der Waals surface area contributed by atoms with Crippen molar-refractivity contribution in [2.24, 2.45) is 0 Å². The summed E-state index contributed by atoms with van der Waals surface area (Å²) >= 11 is 0. The number of aromatic hydroxyl groups is 1. The van der Waals surface area contributed by atoms with Crippen LogP contribution in [0.4, 0.5) is 0 Å². The number of phosphoric acid groups is 1. The number of hydrogen-bond acceptors (Lipinski definition) is 4. The first kappa shape index (κ1) is 12.6. The fraction of sp³-hybridized carbons (Fsp3) is 0. The standard InChI is InChI=1S/C11H9O6P/c12-6-9-10(13)5-7-3-1-2-4-8(7)11(9)17-18(14,15)16/h1-6,13H,(H2,14,15,16). The molecule has 0 heterocycles. The molecular weight excluding hydrogens is 259 g/mol. The second-order valence-corrected chi connectivity index (χ2v) is 4.72. The highest BCUT2D eigenvalue weighted by Crippen LogP contribution is 2.44. The number of phenols is 1. The van der Waals surface area contributed by atoms with Crippen LogP contribution >= 0.6 is 7.82 Å². The zero-order valence-electron chi connectivity index (χ0n) is 8.98. The van der Waals surface area contributed by atoms with Gasteiger partial charge in [0.2, 0.25) is 0 Å². The quantitative estimate of drug-likeness (QED) is 0.579. The molecule has 0 aliphatic carbocycles. The lowest BCUT2D eigenvalue weighted by Gasteiger charge is -2.13. The maximum Gasteiger partial charge on any atom is 0.524 e. The Morgan fingerprint density at radius 2 is 1.89 bits per heavy atom. The summed E-state index contributed by atoms with van der Waals surface area (Å²) in [5, 5.41) is 10.5. The van der Waals surface area contributed by atoms with Crippen molar-refractivity contribution in [2.45, 2.75) is 0 Å². The third-order valence-corrected chi connectivity index (χ3v) is 2.77. The predicted molar refractivity (Wildman–Crippen MR) is 63.7 cm³/mol. The number of phosphoric ester groups is 1.